The summed E-state index contributed by atoms with van der Waals surface area (Å²) < 4.78 is 5.71. The number of amides is 1. The van der Waals surface area contributed by atoms with E-state index in [1.165, 1.54) is 6.42 Å². The molecule has 0 saturated heterocycles. The highest BCUT2D eigenvalue weighted by molar-refractivity contribution is 5.84. The number of aliphatic hydroxyl groups is 1. The summed E-state index contributed by atoms with van der Waals surface area (Å²) in [6.45, 7) is 0.643. The zero-order valence-electron chi connectivity index (χ0n) is 14.0. The minimum atomic E-state index is -0.588. The topological polar surface area (TPSA) is 58.6 Å². The molecule has 4 nitrogen and oxygen atoms in total. The third-order valence-corrected chi connectivity index (χ3v) is 6.78. The first-order valence-corrected chi connectivity index (χ1v) is 9.30. The van der Waals surface area contributed by atoms with Gasteiger partial charge in [0.1, 0.15) is 5.75 Å². The van der Waals surface area contributed by atoms with Crippen LogP contribution in [0.3, 0.4) is 0 Å². The van der Waals surface area contributed by atoms with Gasteiger partial charge >= 0.3 is 0 Å². The summed E-state index contributed by atoms with van der Waals surface area (Å²) in [5, 5.41) is 14.2. The summed E-state index contributed by atoms with van der Waals surface area (Å²) in [5.41, 5.74) is 0.154. The van der Waals surface area contributed by atoms with Crippen molar-refractivity contribution in [3.8, 4) is 5.75 Å². The van der Waals surface area contributed by atoms with Crippen molar-refractivity contribution in [2.45, 2.75) is 56.6 Å². The van der Waals surface area contributed by atoms with Gasteiger partial charge < -0.3 is 15.2 Å². The third kappa shape index (κ3) is 2.19. The lowest BCUT2D eigenvalue weighted by atomic mass is 9.47. The minimum absolute atomic E-state index is 0.0325. The Labute approximate surface area is 142 Å². The van der Waals surface area contributed by atoms with Crippen LogP contribution in [-0.2, 0) is 4.79 Å². The van der Waals surface area contributed by atoms with Gasteiger partial charge in [0.15, 0.2) is 0 Å². The maximum atomic E-state index is 13.3. The van der Waals surface area contributed by atoms with Gasteiger partial charge in [0.25, 0.3) is 0 Å². The molecule has 4 heteroatoms. The molecule has 1 heterocycles. The lowest BCUT2D eigenvalue weighted by Crippen LogP contribution is -2.60. The van der Waals surface area contributed by atoms with Gasteiger partial charge in [-0.2, -0.15) is 0 Å². The maximum Gasteiger partial charge on any atom is 0.226 e. The van der Waals surface area contributed by atoms with E-state index in [9.17, 15) is 9.90 Å². The highest BCUT2D eigenvalue weighted by atomic mass is 16.5. The van der Waals surface area contributed by atoms with Crippen molar-refractivity contribution in [2.75, 3.05) is 6.61 Å². The van der Waals surface area contributed by atoms with Gasteiger partial charge in [-0.1, -0.05) is 18.2 Å². The first kappa shape index (κ1) is 14.8. The maximum absolute atomic E-state index is 13.3. The van der Waals surface area contributed by atoms with E-state index in [2.05, 4.69) is 5.32 Å². The van der Waals surface area contributed by atoms with Crippen LogP contribution in [0.4, 0.5) is 0 Å². The lowest BCUT2D eigenvalue weighted by Gasteiger charge is -2.59. The second-order valence-electron chi connectivity index (χ2n) is 8.67. The van der Waals surface area contributed by atoms with Crippen LogP contribution in [0.15, 0.2) is 24.3 Å². The Balaban J connectivity index is 1.40. The molecular weight excluding hydrogens is 302 g/mol. The molecule has 5 aliphatic rings. The normalized spacial score (nSPS) is 42.3. The molecule has 1 aromatic carbocycles. The van der Waals surface area contributed by atoms with Crippen molar-refractivity contribution in [3.05, 3.63) is 29.8 Å². The molecule has 24 heavy (non-hydrogen) atoms. The van der Waals surface area contributed by atoms with Crippen LogP contribution in [0.5, 0.6) is 5.75 Å². The molecule has 0 aromatic heterocycles. The van der Waals surface area contributed by atoms with E-state index in [4.69, 9.17) is 4.74 Å². The molecule has 4 fully saturated rings. The highest BCUT2D eigenvalue weighted by Crippen LogP contribution is 2.61. The predicted molar refractivity (Wildman–Crippen MR) is 89.5 cm³/mol. The van der Waals surface area contributed by atoms with Gasteiger partial charge in [-0.25, -0.2) is 0 Å². The first-order valence-electron chi connectivity index (χ1n) is 9.30. The van der Waals surface area contributed by atoms with Crippen molar-refractivity contribution >= 4 is 5.91 Å². The van der Waals surface area contributed by atoms with Gasteiger partial charge in [0, 0.05) is 12.0 Å². The van der Waals surface area contributed by atoms with Gasteiger partial charge in [-0.05, 0) is 56.4 Å². The van der Waals surface area contributed by atoms with Crippen molar-refractivity contribution in [1.29, 1.82) is 0 Å². The van der Waals surface area contributed by atoms with Crippen molar-refractivity contribution in [1.82, 2.24) is 5.32 Å². The molecule has 6 rings (SSSR count). The van der Waals surface area contributed by atoms with E-state index in [-0.39, 0.29) is 17.4 Å². The fourth-order valence-corrected chi connectivity index (χ4v) is 6.28. The monoisotopic (exact) mass is 327 g/mol. The Morgan fingerprint density at radius 3 is 2.67 bits per heavy atom. The van der Waals surface area contributed by atoms with Gasteiger partial charge in [-0.3, -0.25) is 4.79 Å². The van der Waals surface area contributed by atoms with Crippen LogP contribution >= 0.6 is 0 Å². The molecule has 0 radical (unpaired) electrons. The largest absolute Gasteiger partial charge is 0.493 e. The second-order valence-corrected chi connectivity index (χ2v) is 8.67. The molecule has 1 amide bonds. The number of hydrogen-bond donors (Lipinski definition) is 2. The zero-order chi connectivity index (χ0) is 16.4. The Morgan fingerprint density at radius 1 is 1.17 bits per heavy atom. The SMILES string of the molecule is O=C(N[C@H]1CCOc2ccccc21)C12C[C@H]3C[C@@H](CC(O)(C3)C1)C2. The molecule has 4 aliphatic carbocycles. The molecule has 1 aromatic rings. The smallest absolute Gasteiger partial charge is 0.226 e. The fourth-order valence-electron chi connectivity index (χ4n) is 6.28. The summed E-state index contributed by atoms with van der Waals surface area (Å²) in [7, 11) is 0. The minimum Gasteiger partial charge on any atom is -0.493 e. The van der Waals surface area contributed by atoms with Crippen molar-refractivity contribution < 1.29 is 14.6 Å². The van der Waals surface area contributed by atoms with E-state index < -0.39 is 5.60 Å². The van der Waals surface area contributed by atoms with Crippen LogP contribution in [0.25, 0.3) is 0 Å². The van der Waals surface area contributed by atoms with Crippen molar-refractivity contribution in [2.24, 2.45) is 17.3 Å². The van der Waals surface area contributed by atoms with Crippen LogP contribution in [0.2, 0.25) is 0 Å². The molecule has 2 N–H and O–H groups in total. The van der Waals surface area contributed by atoms with Crippen LogP contribution in [0, 0.1) is 17.3 Å². The van der Waals surface area contributed by atoms with E-state index in [1.54, 1.807) is 0 Å². The number of nitrogens with one attached hydrogen (secondary N) is 1. The number of ether oxygens (including phenoxy) is 1. The number of fused-ring (bicyclic) bond motifs is 1. The Morgan fingerprint density at radius 2 is 1.92 bits per heavy atom. The van der Waals surface area contributed by atoms with E-state index in [0.29, 0.717) is 24.9 Å². The summed E-state index contributed by atoms with van der Waals surface area (Å²) in [6.07, 6.45) is 6.40. The molecule has 128 valence electrons. The summed E-state index contributed by atoms with van der Waals surface area (Å²) in [6, 6.07) is 8.02. The number of carbonyl (C=O) groups is 1. The zero-order valence-corrected chi connectivity index (χ0v) is 14.0. The predicted octanol–water partition coefficient (Wildman–Crippen LogP) is 2.96. The quantitative estimate of drug-likeness (QED) is 0.878. The average molecular weight is 327 g/mol. The molecule has 1 aliphatic heterocycles. The van der Waals surface area contributed by atoms with Crippen LogP contribution in [-0.4, -0.2) is 23.2 Å². The number of benzene rings is 1. The van der Waals surface area contributed by atoms with Gasteiger partial charge in [-0.15, -0.1) is 0 Å². The highest BCUT2D eigenvalue weighted by Gasteiger charge is 2.60. The lowest BCUT2D eigenvalue weighted by molar-refractivity contribution is -0.178. The molecule has 0 spiro atoms. The van der Waals surface area contributed by atoms with E-state index in [1.807, 2.05) is 24.3 Å². The van der Waals surface area contributed by atoms with Crippen molar-refractivity contribution in [3.63, 3.8) is 0 Å². The Hall–Kier alpha value is -1.55. The Kier molecular flexibility index (Phi) is 3.06. The average Bonchev–Trinajstić information content (AvgIpc) is 2.53. The number of hydrogen-bond acceptors (Lipinski definition) is 3. The van der Waals surface area contributed by atoms with E-state index >= 15 is 0 Å². The summed E-state index contributed by atoms with van der Waals surface area (Å²) in [5.74, 6) is 2.11. The Bertz CT molecular complexity index is 671. The van der Waals surface area contributed by atoms with Crippen LogP contribution in [0.1, 0.15) is 56.6 Å². The van der Waals surface area contributed by atoms with Crippen LogP contribution < -0.4 is 10.1 Å². The molecular formula is C20H25NO3. The second kappa shape index (κ2) is 4.98. The number of para-hydroxylation sites is 1. The first-order chi connectivity index (χ1) is 11.6. The molecule has 3 atom stereocenters. The van der Waals surface area contributed by atoms with Gasteiger partial charge in [0.05, 0.1) is 23.7 Å². The summed E-state index contributed by atoms with van der Waals surface area (Å²) >= 11 is 0. The summed E-state index contributed by atoms with van der Waals surface area (Å²) in [4.78, 5) is 13.3. The molecule has 0 unspecified atom stereocenters. The molecule has 4 bridgehead atoms. The standard InChI is InChI=1S/C20H25NO3/c22-18(21-16-5-6-24-17-4-2-1-3-15(16)17)19-8-13-7-14(9-19)11-20(23,10-13)12-19/h1-4,13-14,16,23H,5-12H2,(H,21,22)/t13-,14-,16+,19?,20?/m1/s1. The number of carbonyl (C=O) groups excluding carboxylic acids is 1. The van der Waals surface area contributed by atoms with E-state index in [0.717, 1.165) is 43.4 Å². The third-order valence-electron chi connectivity index (χ3n) is 6.78. The van der Waals surface area contributed by atoms with Gasteiger partial charge in [0.2, 0.25) is 5.91 Å². The fraction of sp³-hybridized carbons (Fsp3) is 0.650. The number of rotatable bonds is 2. The molecule has 4 saturated carbocycles.